The van der Waals surface area contributed by atoms with Gasteiger partial charge in [0.2, 0.25) is 5.91 Å². The number of nitrogen functional groups attached to an aromatic ring is 1. The minimum absolute atomic E-state index is 0.00401. The van der Waals surface area contributed by atoms with Crippen molar-refractivity contribution in [3.8, 4) is 17.0 Å². The van der Waals surface area contributed by atoms with Gasteiger partial charge in [0.25, 0.3) is 5.91 Å². The number of carbonyl (C=O) groups excluding carboxylic acids is 2. The van der Waals surface area contributed by atoms with E-state index in [1.54, 1.807) is 21.6 Å². The minimum atomic E-state index is -4.72. The van der Waals surface area contributed by atoms with E-state index in [9.17, 15) is 22.8 Å². The van der Waals surface area contributed by atoms with Gasteiger partial charge in [0, 0.05) is 44.0 Å². The van der Waals surface area contributed by atoms with Crippen LogP contribution in [-0.2, 0) is 22.1 Å². The summed E-state index contributed by atoms with van der Waals surface area (Å²) in [7, 11) is 0. The largest absolute Gasteiger partial charge is 0.489 e. The number of rotatable bonds is 4. The number of alkyl halides is 3. The Balaban J connectivity index is 1.71. The molecule has 0 bridgehead atoms. The molecule has 3 aliphatic rings. The van der Waals surface area contributed by atoms with Gasteiger partial charge in [-0.3, -0.25) is 9.59 Å². The molecule has 1 atom stereocenters. The Labute approximate surface area is 234 Å². The molecule has 13 heteroatoms. The Hall–Kier alpha value is -3.51. The first-order valence-electron chi connectivity index (χ1n) is 13.0. The summed E-state index contributed by atoms with van der Waals surface area (Å²) in [5, 5.41) is -0.211. The first kappa shape index (κ1) is 28.0. The smallest absolute Gasteiger partial charge is 0.417 e. The molecule has 1 aromatic heterocycles. The predicted molar refractivity (Wildman–Crippen MR) is 144 cm³/mol. The van der Waals surface area contributed by atoms with Crippen molar-refractivity contribution < 1.29 is 32.2 Å². The Morgan fingerprint density at radius 3 is 2.62 bits per heavy atom. The second kappa shape index (κ2) is 10.8. The molecule has 5 rings (SSSR count). The maximum absolute atomic E-state index is 14.4. The molecule has 0 unspecified atom stereocenters. The topological polar surface area (TPSA) is 101 Å². The standard InChI is InChI=1S/C27H29ClF3N5O4/c1-3-15-11-16(32)12-18(21(15)27(29,30)31)23-22(28)24-20(25(33-23)34-7-9-39-10-8-34)26(38)36-6-5-35(19(37)4-2)13-17(36)14-40-24/h4,11-12,17H,2-3,5-10,13-14,32H2,1H3/t17-/m1/s1. The highest BCUT2D eigenvalue weighted by molar-refractivity contribution is 6.35. The number of halogens is 4. The van der Waals surface area contributed by atoms with Gasteiger partial charge < -0.3 is 29.9 Å². The fraction of sp³-hybridized carbons (Fsp3) is 0.444. The molecule has 214 valence electrons. The van der Waals surface area contributed by atoms with Crippen LogP contribution in [0.1, 0.15) is 28.4 Å². The average molecular weight is 580 g/mol. The van der Waals surface area contributed by atoms with Crippen LogP contribution in [0.2, 0.25) is 5.02 Å². The number of aromatic nitrogens is 1. The lowest BCUT2D eigenvalue weighted by molar-refractivity contribution is -0.137. The van der Waals surface area contributed by atoms with E-state index in [0.717, 1.165) is 0 Å². The van der Waals surface area contributed by atoms with Gasteiger partial charge in [-0.2, -0.15) is 13.2 Å². The number of nitrogens with zero attached hydrogens (tertiary/aromatic N) is 4. The fourth-order valence-electron chi connectivity index (χ4n) is 5.49. The molecular formula is C27H29ClF3N5O4. The molecule has 3 aliphatic heterocycles. The number of carbonyl (C=O) groups is 2. The van der Waals surface area contributed by atoms with Crippen molar-refractivity contribution in [3.05, 3.63) is 46.5 Å². The third-order valence-corrected chi connectivity index (χ3v) is 7.76. The highest BCUT2D eigenvalue weighted by atomic mass is 35.5. The normalized spacial score (nSPS) is 19.5. The van der Waals surface area contributed by atoms with Crippen molar-refractivity contribution in [3.63, 3.8) is 0 Å². The molecule has 9 nitrogen and oxygen atoms in total. The summed E-state index contributed by atoms with van der Waals surface area (Å²) in [4.78, 5) is 35.9. The summed E-state index contributed by atoms with van der Waals surface area (Å²) in [6, 6.07) is 1.99. The Morgan fingerprint density at radius 1 is 1.25 bits per heavy atom. The van der Waals surface area contributed by atoms with Crippen molar-refractivity contribution in [2.75, 3.05) is 63.2 Å². The number of hydrogen-bond donors (Lipinski definition) is 1. The summed E-state index contributed by atoms with van der Waals surface area (Å²) < 4.78 is 54.9. The molecular weight excluding hydrogens is 551 g/mol. The zero-order chi connectivity index (χ0) is 28.8. The lowest BCUT2D eigenvalue weighted by atomic mass is 9.94. The van der Waals surface area contributed by atoms with Gasteiger partial charge in [0.15, 0.2) is 5.75 Å². The van der Waals surface area contributed by atoms with E-state index >= 15 is 0 Å². The van der Waals surface area contributed by atoms with E-state index in [-0.39, 0.29) is 76.7 Å². The molecule has 2 saturated heterocycles. The van der Waals surface area contributed by atoms with Crippen LogP contribution in [0, 0.1) is 0 Å². The van der Waals surface area contributed by atoms with Gasteiger partial charge in [0.1, 0.15) is 23.0 Å². The number of hydrogen-bond acceptors (Lipinski definition) is 7. The summed E-state index contributed by atoms with van der Waals surface area (Å²) in [5.41, 5.74) is 4.90. The number of nitrogens with two attached hydrogens (primary N) is 1. The lowest BCUT2D eigenvalue weighted by Gasteiger charge is -2.39. The van der Waals surface area contributed by atoms with Crippen molar-refractivity contribution in [1.29, 1.82) is 0 Å². The third-order valence-electron chi connectivity index (χ3n) is 7.41. The molecule has 2 fully saturated rings. The summed E-state index contributed by atoms with van der Waals surface area (Å²) in [5.74, 6) is -0.550. The van der Waals surface area contributed by atoms with E-state index < -0.39 is 23.7 Å². The quantitative estimate of drug-likeness (QED) is 0.436. The Kier molecular flexibility index (Phi) is 7.58. The zero-order valence-corrected chi connectivity index (χ0v) is 22.6. The van der Waals surface area contributed by atoms with Crippen LogP contribution in [0.5, 0.6) is 5.75 Å². The zero-order valence-electron chi connectivity index (χ0n) is 21.9. The van der Waals surface area contributed by atoms with Gasteiger partial charge in [-0.15, -0.1) is 0 Å². The molecule has 2 amide bonds. The number of piperazine rings is 1. The monoisotopic (exact) mass is 579 g/mol. The molecule has 0 saturated carbocycles. The Morgan fingerprint density at radius 2 is 1.98 bits per heavy atom. The third kappa shape index (κ3) is 4.94. The second-order valence-electron chi connectivity index (χ2n) is 9.81. The molecule has 0 spiro atoms. The molecule has 0 radical (unpaired) electrons. The number of benzene rings is 1. The fourth-order valence-corrected chi connectivity index (χ4v) is 5.78. The highest BCUT2D eigenvalue weighted by Gasteiger charge is 2.42. The number of anilines is 2. The van der Waals surface area contributed by atoms with Gasteiger partial charge in [-0.25, -0.2) is 4.98 Å². The van der Waals surface area contributed by atoms with E-state index in [4.69, 9.17) is 26.8 Å². The first-order chi connectivity index (χ1) is 19.0. The molecule has 4 heterocycles. The number of amides is 2. The van der Waals surface area contributed by atoms with Crippen LogP contribution in [-0.4, -0.2) is 85.2 Å². The van der Waals surface area contributed by atoms with Crippen LogP contribution in [0.25, 0.3) is 11.3 Å². The van der Waals surface area contributed by atoms with Crippen LogP contribution in [0.15, 0.2) is 24.8 Å². The van der Waals surface area contributed by atoms with Gasteiger partial charge in [-0.05, 0) is 30.2 Å². The summed E-state index contributed by atoms with van der Waals surface area (Å²) in [6.07, 6.45) is -3.43. The minimum Gasteiger partial charge on any atom is -0.489 e. The van der Waals surface area contributed by atoms with E-state index in [1.165, 1.54) is 18.2 Å². The Bertz CT molecular complexity index is 1360. The number of pyridine rings is 1. The first-order valence-corrected chi connectivity index (χ1v) is 13.3. The second-order valence-corrected chi connectivity index (χ2v) is 10.2. The van der Waals surface area contributed by atoms with Crippen LogP contribution in [0.4, 0.5) is 24.7 Å². The van der Waals surface area contributed by atoms with Crippen molar-refractivity contribution in [1.82, 2.24) is 14.8 Å². The van der Waals surface area contributed by atoms with Crippen LogP contribution in [0.3, 0.4) is 0 Å². The maximum Gasteiger partial charge on any atom is 0.417 e. The van der Waals surface area contributed by atoms with E-state index in [1.807, 2.05) is 0 Å². The molecule has 40 heavy (non-hydrogen) atoms. The number of morpholine rings is 1. The summed E-state index contributed by atoms with van der Waals surface area (Å²) in [6.45, 7) is 7.29. The van der Waals surface area contributed by atoms with Crippen molar-refractivity contribution in [2.24, 2.45) is 0 Å². The van der Waals surface area contributed by atoms with Gasteiger partial charge in [0.05, 0.1) is 30.5 Å². The summed E-state index contributed by atoms with van der Waals surface area (Å²) >= 11 is 6.79. The number of aryl methyl sites for hydroxylation is 1. The van der Waals surface area contributed by atoms with Crippen LogP contribution >= 0.6 is 11.6 Å². The van der Waals surface area contributed by atoms with Gasteiger partial charge in [-0.1, -0.05) is 25.1 Å². The number of fused-ring (bicyclic) bond motifs is 2. The molecule has 2 aromatic rings. The van der Waals surface area contributed by atoms with Crippen LogP contribution < -0.4 is 15.4 Å². The van der Waals surface area contributed by atoms with Gasteiger partial charge >= 0.3 is 6.18 Å². The maximum atomic E-state index is 14.4. The molecule has 2 N–H and O–H groups in total. The average Bonchev–Trinajstić information content (AvgIpc) is 3.08. The number of ether oxygens (including phenoxy) is 2. The predicted octanol–water partition coefficient (Wildman–Crippen LogP) is 3.63. The highest BCUT2D eigenvalue weighted by Crippen LogP contribution is 2.48. The van der Waals surface area contributed by atoms with E-state index in [0.29, 0.717) is 32.8 Å². The molecule has 1 aromatic carbocycles. The molecule has 0 aliphatic carbocycles. The van der Waals surface area contributed by atoms with Crippen molar-refractivity contribution in [2.45, 2.75) is 25.6 Å². The van der Waals surface area contributed by atoms with E-state index in [2.05, 4.69) is 11.6 Å². The van der Waals surface area contributed by atoms with Crippen molar-refractivity contribution >= 4 is 34.9 Å². The SMILES string of the molecule is C=CC(=O)N1CCN2C(=O)c3c(N4CCOCC4)nc(-c4cc(N)cc(CC)c4C(F)(F)F)c(Cl)c3OC[C@H]2C1. The lowest BCUT2D eigenvalue weighted by Crippen LogP contribution is -2.57.